The Bertz CT molecular complexity index is 682. The van der Waals surface area contributed by atoms with Crippen LogP contribution in [-0.2, 0) is 11.8 Å². The Morgan fingerprint density at radius 1 is 1.48 bits per heavy atom. The van der Waals surface area contributed by atoms with Gasteiger partial charge < -0.3 is 15.0 Å². The molecule has 0 saturated carbocycles. The van der Waals surface area contributed by atoms with Crippen LogP contribution < -0.4 is 10.2 Å². The van der Waals surface area contributed by atoms with Gasteiger partial charge in [-0.2, -0.15) is 5.10 Å². The van der Waals surface area contributed by atoms with Gasteiger partial charge in [0.15, 0.2) is 0 Å². The predicted molar refractivity (Wildman–Crippen MR) is 86.4 cm³/mol. The normalized spacial score (nSPS) is 12.0. The summed E-state index contributed by atoms with van der Waals surface area (Å²) in [5, 5.41) is 7.08. The minimum atomic E-state index is -0.298. The first-order valence-corrected chi connectivity index (χ1v) is 7.22. The number of carbonyl (C=O) groups excluding carboxylic acids is 1. The Hall–Kier alpha value is -2.48. The lowest BCUT2D eigenvalue weighted by atomic mass is 10.1. The zero-order valence-electron chi connectivity index (χ0n) is 14.1. The number of hydrogen-bond donors (Lipinski definition) is 1. The van der Waals surface area contributed by atoms with Crippen molar-refractivity contribution in [3.63, 3.8) is 0 Å². The van der Waals surface area contributed by atoms with Crippen LogP contribution in [0.1, 0.15) is 27.8 Å². The molecule has 8 heteroatoms. The van der Waals surface area contributed by atoms with Crippen molar-refractivity contribution < 1.29 is 9.53 Å². The summed E-state index contributed by atoms with van der Waals surface area (Å²) in [5.74, 6) is 0.329. The molecule has 0 aliphatic carbocycles. The van der Waals surface area contributed by atoms with Crippen molar-refractivity contribution in [2.45, 2.75) is 13.0 Å². The maximum absolute atomic E-state index is 12.5. The second kappa shape index (κ2) is 7.19. The highest BCUT2D eigenvalue weighted by atomic mass is 16.5. The average Bonchev–Trinajstić information content (AvgIpc) is 2.92. The fourth-order valence-corrected chi connectivity index (χ4v) is 2.22. The lowest BCUT2D eigenvalue weighted by Crippen LogP contribution is -2.33. The Morgan fingerprint density at radius 2 is 2.22 bits per heavy atom. The molecule has 2 aromatic rings. The first kappa shape index (κ1) is 16.9. The van der Waals surface area contributed by atoms with E-state index in [2.05, 4.69) is 20.4 Å². The van der Waals surface area contributed by atoms with E-state index in [9.17, 15) is 4.79 Å². The minimum absolute atomic E-state index is 0.240. The Kier molecular flexibility index (Phi) is 5.28. The Balaban J connectivity index is 2.21. The second-order valence-electron chi connectivity index (χ2n) is 5.42. The van der Waals surface area contributed by atoms with Crippen LogP contribution in [0.5, 0.6) is 0 Å². The van der Waals surface area contributed by atoms with Crippen LogP contribution in [0.25, 0.3) is 0 Å². The van der Waals surface area contributed by atoms with E-state index >= 15 is 0 Å². The van der Waals surface area contributed by atoms with Gasteiger partial charge in [-0.15, -0.1) is 0 Å². The van der Waals surface area contributed by atoms with Gasteiger partial charge in [0.2, 0.25) is 5.95 Å². The van der Waals surface area contributed by atoms with Crippen LogP contribution in [0.3, 0.4) is 0 Å². The molecule has 1 atom stereocenters. The molecule has 0 unspecified atom stereocenters. The van der Waals surface area contributed by atoms with Crippen LogP contribution in [0.15, 0.2) is 18.5 Å². The third kappa shape index (κ3) is 3.84. The molecule has 0 aliphatic heterocycles. The van der Waals surface area contributed by atoms with Crippen LogP contribution in [-0.4, -0.2) is 53.5 Å². The topological polar surface area (TPSA) is 85.2 Å². The quantitative estimate of drug-likeness (QED) is 0.844. The van der Waals surface area contributed by atoms with E-state index in [1.807, 2.05) is 27.2 Å². The van der Waals surface area contributed by atoms with E-state index in [0.717, 1.165) is 5.69 Å². The first-order valence-electron chi connectivity index (χ1n) is 7.22. The van der Waals surface area contributed by atoms with E-state index < -0.39 is 0 Å². The lowest BCUT2D eigenvalue weighted by Gasteiger charge is -2.19. The summed E-state index contributed by atoms with van der Waals surface area (Å²) in [6, 6.07) is 1.55. The van der Waals surface area contributed by atoms with Crippen molar-refractivity contribution in [2.75, 3.05) is 32.7 Å². The molecule has 0 bridgehead atoms. The number of anilines is 1. The Morgan fingerprint density at radius 3 is 2.74 bits per heavy atom. The van der Waals surface area contributed by atoms with Gasteiger partial charge in [0.25, 0.3) is 5.91 Å². The average molecular weight is 318 g/mol. The summed E-state index contributed by atoms with van der Waals surface area (Å²) >= 11 is 0. The molecule has 1 amide bonds. The van der Waals surface area contributed by atoms with Crippen molar-refractivity contribution in [3.05, 3.63) is 35.4 Å². The zero-order valence-corrected chi connectivity index (χ0v) is 14.1. The van der Waals surface area contributed by atoms with Gasteiger partial charge in [-0.3, -0.25) is 9.48 Å². The number of ether oxygens (including phenoxy) is 1. The summed E-state index contributed by atoms with van der Waals surface area (Å²) in [4.78, 5) is 22.9. The van der Waals surface area contributed by atoms with Crippen molar-refractivity contribution in [3.8, 4) is 0 Å². The summed E-state index contributed by atoms with van der Waals surface area (Å²) in [7, 11) is 7.12. The van der Waals surface area contributed by atoms with E-state index in [1.54, 1.807) is 36.0 Å². The zero-order chi connectivity index (χ0) is 17.0. The molecule has 2 heterocycles. The molecule has 0 aromatic carbocycles. The predicted octanol–water partition coefficient (Wildman–Crippen LogP) is 0.702. The van der Waals surface area contributed by atoms with Gasteiger partial charge >= 0.3 is 0 Å². The molecule has 2 rings (SSSR count). The van der Waals surface area contributed by atoms with Crippen molar-refractivity contribution in [2.24, 2.45) is 7.05 Å². The number of rotatable bonds is 6. The molecule has 0 fully saturated rings. The highest BCUT2D eigenvalue weighted by Crippen LogP contribution is 2.15. The fraction of sp³-hybridized carbons (Fsp3) is 0.467. The third-order valence-electron chi connectivity index (χ3n) is 3.47. The highest BCUT2D eigenvalue weighted by molar-refractivity contribution is 5.95. The van der Waals surface area contributed by atoms with Gasteiger partial charge in [-0.25, -0.2) is 9.97 Å². The standard InChI is InChI=1S/C15H22N6O2/c1-10-11(8-16-15(18-10)20(2)3)14(22)19-12(9-23-5)13-6-7-17-21(13)4/h6-8,12H,9H2,1-5H3,(H,19,22)/t12-/m0/s1. The molecule has 23 heavy (non-hydrogen) atoms. The smallest absolute Gasteiger partial charge is 0.255 e. The molecule has 8 nitrogen and oxygen atoms in total. The number of nitrogens with one attached hydrogen (secondary N) is 1. The van der Waals surface area contributed by atoms with Gasteiger partial charge in [0, 0.05) is 40.6 Å². The van der Waals surface area contributed by atoms with E-state index in [-0.39, 0.29) is 11.9 Å². The number of aromatic nitrogens is 4. The number of amides is 1. The van der Waals surface area contributed by atoms with Gasteiger partial charge in [-0.05, 0) is 13.0 Å². The number of hydrogen-bond acceptors (Lipinski definition) is 6. The summed E-state index contributed by atoms with van der Waals surface area (Å²) in [6.45, 7) is 2.14. The second-order valence-corrected chi connectivity index (χ2v) is 5.42. The highest BCUT2D eigenvalue weighted by Gasteiger charge is 2.20. The molecule has 0 spiro atoms. The van der Waals surface area contributed by atoms with Crippen LogP contribution in [0, 0.1) is 6.92 Å². The van der Waals surface area contributed by atoms with Gasteiger partial charge in [0.05, 0.1) is 29.6 Å². The molecule has 0 saturated heterocycles. The number of aryl methyl sites for hydroxylation is 2. The molecular weight excluding hydrogens is 296 g/mol. The number of methoxy groups -OCH3 is 1. The van der Waals surface area contributed by atoms with Crippen molar-refractivity contribution >= 4 is 11.9 Å². The van der Waals surface area contributed by atoms with Crippen molar-refractivity contribution in [1.29, 1.82) is 0 Å². The summed E-state index contributed by atoms with van der Waals surface area (Å²) < 4.78 is 6.92. The molecular formula is C15H22N6O2. The monoisotopic (exact) mass is 318 g/mol. The van der Waals surface area contributed by atoms with Gasteiger partial charge in [-0.1, -0.05) is 0 Å². The molecule has 0 radical (unpaired) electrons. The number of carbonyl (C=O) groups is 1. The summed E-state index contributed by atoms with van der Waals surface area (Å²) in [6.07, 6.45) is 3.23. The fourth-order valence-electron chi connectivity index (χ4n) is 2.22. The maximum Gasteiger partial charge on any atom is 0.255 e. The van der Waals surface area contributed by atoms with E-state index in [4.69, 9.17) is 4.74 Å². The lowest BCUT2D eigenvalue weighted by molar-refractivity contribution is 0.0891. The van der Waals surface area contributed by atoms with E-state index in [1.165, 1.54) is 0 Å². The molecule has 0 aliphatic rings. The molecule has 1 N–H and O–H groups in total. The molecule has 124 valence electrons. The third-order valence-corrected chi connectivity index (χ3v) is 3.47. The first-order chi connectivity index (χ1) is 10.9. The van der Waals surface area contributed by atoms with E-state index in [0.29, 0.717) is 23.8 Å². The van der Waals surface area contributed by atoms with Crippen LogP contribution >= 0.6 is 0 Å². The van der Waals surface area contributed by atoms with Crippen LogP contribution in [0.2, 0.25) is 0 Å². The SMILES string of the molecule is COC[C@H](NC(=O)c1cnc(N(C)C)nc1C)c1ccnn1C. The number of nitrogens with zero attached hydrogens (tertiary/aromatic N) is 5. The maximum atomic E-state index is 12.5. The van der Waals surface area contributed by atoms with Crippen LogP contribution in [0.4, 0.5) is 5.95 Å². The molecule has 2 aromatic heterocycles. The minimum Gasteiger partial charge on any atom is -0.382 e. The Labute approximate surface area is 135 Å². The summed E-state index contributed by atoms with van der Waals surface area (Å²) in [5.41, 5.74) is 1.94. The largest absolute Gasteiger partial charge is 0.382 e. The van der Waals surface area contributed by atoms with Crippen molar-refractivity contribution in [1.82, 2.24) is 25.1 Å². The van der Waals surface area contributed by atoms with Gasteiger partial charge in [0.1, 0.15) is 0 Å².